The molecule has 3 aromatic rings. The van der Waals surface area contributed by atoms with Crippen molar-refractivity contribution in [3.63, 3.8) is 0 Å². The molecule has 0 saturated heterocycles. The molecular weight excluding hydrogens is 481 g/mol. The molecule has 0 spiro atoms. The van der Waals surface area contributed by atoms with Crippen LogP contribution >= 0.6 is 0 Å². The smallest absolute Gasteiger partial charge is 0.267 e. The van der Waals surface area contributed by atoms with Gasteiger partial charge in [-0.3, -0.25) is 19.4 Å². The Bertz CT molecular complexity index is 1420. The summed E-state index contributed by atoms with van der Waals surface area (Å²) in [6, 6.07) is 5.99. The second kappa shape index (κ2) is 10.3. The fraction of sp³-hybridized carbons (Fsp3) is 0.385. The Balaban J connectivity index is 1.87. The van der Waals surface area contributed by atoms with Gasteiger partial charge in [0.25, 0.3) is 17.4 Å². The van der Waals surface area contributed by atoms with Crippen molar-refractivity contribution >= 4 is 22.8 Å². The average molecular weight is 512 g/mol. The molecule has 196 valence electrons. The summed E-state index contributed by atoms with van der Waals surface area (Å²) in [5.41, 5.74) is -0.303. The molecule has 0 saturated carbocycles. The van der Waals surface area contributed by atoms with E-state index in [2.05, 4.69) is 15.6 Å². The molecule has 0 aliphatic carbocycles. The molecule has 1 aliphatic rings. The van der Waals surface area contributed by atoms with Crippen LogP contribution in [0.25, 0.3) is 11.0 Å². The van der Waals surface area contributed by atoms with Crippen molar-refractivity contribution in [3.8, 4) is 5.75 Å². The molecule has 3 N–H and O–H groups in total. The Kier molecular flexibility index (Phi) is 7.28. The van der Waals surface area contributed by atoms with Crippen molar-refractivity contribution < 1.29 is 23.8 Å². The molecule has 2 amide bonds. The van der Waals surface area contributed by atoms with Gasteiger partial charge in [-0.25, -0.2) is 4.39 Å². The van der Waals surface area contributed by atoms with Crippen molar-refractivity contribution in [3.05, 3.63) is 68.9 Å². The van der Waals surface area contributed by atoms with Gasteiger partial charge in [-0.15, -0.1) is 0 Å². The first-order valence-corrected chi connectivity index (χ1v) is 11.9. The minimum Gasteiger partial charge on any atom is -0.505 e. The van der Waals surface area contributed by atoms with Crippen LogP contribution in [-0.4, -0.2) is 71.2 Å². The molecule has 0 radical (unpaired) electrons. The Morgan fingerprint density at radius 3 is 2.62 bits per heavy atom. The highest BCUT2D eigenvalue weighted by Gasteiger charge is 2.40. The Morgan fingerprint density at radius 1 is 1.27 bits per heavy atom. The summed E-state index contributed by atoms with van der Waals surface area (Å²) in [6.45, 7) is 2.32. The third-order valence-electron chi connectivity index (χ3n) is 6.52. The van der Waals surface area contributed by atoms with Crippen molar-refractivity contribution in [1.82, 2.24) is 25.1 Å². The summed E-state index contributed by atoms with van der Waals surface area (Å²) in [7, 11) is 5.12. The number of pyridine rings is 2. The molecule has 0 bridgehead atoms. The number of rotatable bonds is 7. The van der Waals surface area contributed by atoms with E-state index in [4.69, 9.17) is 4.74 Å². The van der Waals surface area contributed by atoms with Gasteiger partial charge in [-0.05, 0) is 50.7 Å². The third kappa shape index (κ3) is 5.05. The van der Waals surface area contributed by atoms with Crippen LogP contribution in [0.15, 0.2) is 35.3 Å². The number of carbonyl (C=O) groups excluding carboxylic acids is 2. The number of halogens is 1. The summed E-state index contributed by atoms with van der Waals surface area (Å²) in [4.78, 5) is 45.7. The normalized spacial score (nSPS) is 17.0. The summed E-state index contributed by atoms with van der Waals surface area (Å²) in [6.07, 6.45) is 1.88. The molecule has 1 aromatic carbocycles. The van der Waals surface area contributed by atoms with E-state index < -0.39 is 34.3 Å². The topological polar surface area (TPSA) is 126 Å². The number of nitrogens with zero attached hydrogens (tertiary/aromatic N) is 3. The first-order chi connectivity index (χ1) is 17.6. The number of hydrogen-bond acceptors (Lipinski definition) is 7. The van der Waals surface area contributed by atoms with E-state index in [1.54, 1.807) is 19.1 Å². The van der Waals surface area contributed by atoms with Crippen LogP contribution in [0.1, 0.15) is 34.0 Å². The number of nitrogens with one attached hydrogen (secondary N) is 2. The maximum Gasteiger partial charge on any atom is 0.267 e. The first-order valence-electron chi connectivity index (χ1n) is 11.9. The Labute approximate surface area is 213 Å². The van der Waals surface area contributed by atoms with Gasteiger partial charge in [0.2, 0.25) is 0 Å². The van der Waals surface area contributed by atoms with Gasteiger partial charge in [0.15, 0.2) is 11.4 Å². The number of aromatic hydroxyl groups is 1. The van der Waals surface area contributed by atoms with E-state index in [0.29, 0.717) is 36.2 Å². The predicted octanol–water partition coefficient (Wildman–Crippen LogP) is 1.16. The van der Waals surface area contributed by atoms with Crippen LogP contribution in [0.5, 0.6) is 5.75 Å². The highest BCUT2D eigenvalue weighted by atomic mass is 19.1. The third-order valence-corrected chi connectivity index (χ3v) is 6.52. The zero-order valence-corrected chi connectivity index (χ0v) is 21.2. The average Bonchev–Trinajstić information content (AvgIpc) is 3.02. The molecule has 1 atom stereocenters. The highest BCUT2D eigenvalue weighted by molar-refractivity contribution is 6.02. The van der Waals surface area contributed by atoms with Crippen molar-refractivity contribution in [2.24, 2.45) is 0 Å². The number of ether oxygens (including phenoxy) is 1. The zero-order valence-electron chi connectivity index (χ0n) is 21.2. The fourth-order valence-electron chi connectivity index (χ4n) is 4.41. The number of carbonyl (C=O) groups is 2. The van der Waals surface area contributed by atoms with Crippen LogP contribution in [-0.2, 0) is 29.1 Å². The van der Waals surface area contributed by atoms with Crippen molar-refractivity contribution in [2.45, 2.75) is 32.1 Å². The number of likely N-dealkylation sites (N-methyl/N-ethyl adjacent to an activating group) is 1. The first kappa shape index (κ1) is 26.2. The maximum absolute atomic E-state index is 13.6. The van der Waals surface area contributed by atoms with E-state index in [1.807, 2.05) is 19.0 Å². The molecule has 1 aliphatic heterocycles. The van der Waals surface area contributed by atoms with E-state index in [-0.39, 0.29) is 24.5 Å². The largest absolute Gasteiger partial charge is 0.505 e. The van der Waals surface area contributed by atoms with Gasteiger partial charge in [0, 0.05) is 31.9 Å². The zero-order chi connectivity index (χ0) is 26.9. The van der Waals surface area contributed by atoms with Crippen LogP contribution in [0.3, 0.4) is 0 Å². The lowest BCUT2D eigenvalue weighted by atomic mass is 9.99. The number of benzene rings is 1. The summed E-state index contributed by atoms with van der Waals surface area (Å²) in [5, 5.41) is 16.1. The van der Waals surface area contributed by atoms with E-state index in [1.165, 1.54) is 29.9 Å². The fourth-order valence-corrected chi connectivity index (χ4v) is 4.41. The molecule has 2 aromatic heterocycles. The van der Waals surface area contributed by atoms with Crippen molar-refractivity contribution in [2.75, 3.05) is 34.2 Å². The van der Waals surface area contributed by atoms with E-state index in [9.17, 15) is 23.9 Å². The molecule has 37 heavy (non-hydrogen) atoms. The van der Waals surface area contributed by atoms with E-state index >= 15 is 0 Å². The van der Waals surface area contributed by atoms with Crippen LogP contribution in [0.4, 0.5) is 4.39 Å². The van der Waals surface area contributed by atoms with Crippen LogP contribution in [0, 0.1) is 5.82 Å². The van der Waals surface area contributed by atoms with Gasteiger partial charge in [0.05, 0.1) is 18.7 Å². The van der Waals surface area contributed by atoms with Gasteiger partial charge in [-0.2, -0.15) is 0 Å². The summed E-state index contributed by atoms with van der Waals surface area (Å²) >= 11 is 0. The molecule has 11 heteroatoms. The second-order valence-electron chi connectivity index (χ2n) is 9.54. The van der Waals surface area contributed by atoms with Crippen molar-refractivity contribution in [1.29, 1.82) is 0 Å². The van der Waals surface area contributed by atoms with Gasteiger partial charge >= 0.3 is 0 Å². The molecular formula is C26H30FN5O5. The minimum absolute atomic E-state index is 0.0502. The number of hydrogen-bond donors (Lipinski definition) is 3. The minimum atomic E-state index is -1.45. The lowest BCUT2D eigenvalue weighted by molar-refractivity contribution is -0.148. The number of aromatic nitrogens is 2. The van der Waals surface area contributed by atoms with Gasteiger partial charge < -0.3 is 29.9 Å². The Hall–Kier alpha value is -3.83. The SMILES string of the molecule is CNC(=O)c1c(O)c2ncc(Cc3ccc(F)cc3)c3c2n(c1=O)C[C@](C)(C(=O)NCCN(C)C)OC3. The second-order valence-corrected chi connectivity index (χ2v) is 9.54. The molecule has 10 nitrogen and oxygen atoms in total. The standard InChI is InChI=1S/C26H30FN5O5/c1-26(25(36)29-9-10-31(3)4)14-32-21-18(13-37-26)16(11-15-5-7-17(27)8-6-15)12-30-20(21)22(33)19(24(32)35)23(34)28-2/h5-8,12,33H,9-11,13-14H2,1-4H3,(H,28,34)(H,29,36)/t26-/m1/s1. The summed E-state index contributed by atoms with van der Waals surface area (Å²) < 4.78 is 20.9. The Morgan fingerprint density at radius 2 is 1.97 bits per heavy atom. The van der Waals surface area contributed by atoms with Gasteiger partial charge in [0.1, 0.15) is 16.9 Å². The summed E-state index contributed by atoms with van der Waals surface area (Å²) in [5.74, 6) is -2.08. The molecule has 0 fully saturated rings. The highest BCUT2D eigenvalue weighted by Crippen LogP contribution is 2.34. The molecule has 0 unspecified atom stereocenters. The predicted molar refractivity (Wildman–Crippen MR) is 135 cm³/mol. The quantitative estimate of drug-likeness (QED) is 0.435. The lowest BCUT2D eigenvalue weighted by Crippen LogP contribution is -2.51. The van der Waals surface area contributed by atoms with Crippen LogP contribution in [0.2, 0.25) is 0 Å². The lowest BCUT2D eigenvalue weighted by Gasteiger charge is -2.28. The molecule has 3 heterocycles. The monoisotopic (exact) mass is 511 g/mol. The van der Waals surface area contributed by atoms with Gasteiger partial charge in [-0.1, -0.05) is 12.1 Å². The molecule has 4 rings (SSSR count). The van der Waals surface area contributed by atoms with E-state index in [0.717, 1.165) is 5.56 Å². The maximum atomic E-state index is 13.6. The van der Waals surface area contributed by atoms with Crippen LogP contribution < -0.4 is 16.2 Å². The number of amides is 2.